The molecule has 2 heterocycles. The zero-order valence-corrected chi connectivity index (χ0v) is 15.5. The lowest BCUT2D eigenvalue weighted by atomic mass is 10.1. The number of nitrogens with zero attached hydrogens (tertiary/aromatic N) is 4. The van der Waals surface area contributed by atoms with Crippen LogP contribution < -0.4 is 4.90 Å². The first-order chi connectivity index (χ1) is 13.2. The summed E-state index contributed by atoms with van der Waals surface area (Å²) in [5.41, 5.74) is -0.374. The molecule has 0 unspecified atom stereocenters. The molecular weight excluding hydrogens is 393 g/mol. The quantitative estimate of drug-likeness (QED) is 0.775. The number of rotatable bonds is 4. The van der Waals surface area contributed by atoms with Crippen molar-refractivity contribution in [1.29, 1.82) is 5.26 Å². The van der Waals surface area contributed by atoms with Gasteiger partial charge in [-0.1, -0.05) is 18.2 Å². The number of hydrogen-bond donors (Lipinski definition) is 0. The van der Waals surface area contributed by atoms with Gasteiger partial charge in [0.1, 0.15) is 11.9 Å². The van der Waals surface area contributed by atoms with E-state index in [0.717, 1.165) is 12.1 Å². The maximum Gasteiger partial charge on any atom is 0.416 e. The molecule has 0 spiro atoms. The van der Waals surface area contributed by atoms with Crippen LogP contribution in [0, 0.1) is 11.3 Å². The molecule has 1 aromatic heterocycles. The van der Waals surface area contributed by atoms with Gasteiger partial charge >= 0.3 is 6.18 Å². The van der Waals surface area contributed by atoms with E-state index in [-0.39, 0.29) is 18.7 Å². The van der Waals surface area contributed by atoms with Crippen LogP contribution >= 0.6 is 0 Å². The molecule has 0 aliphatic carbocycles. The summed E-state index contributed by atoms with van der Waals surface area (Å²) in [5, 5.41) is 9.17. The molecule has 0 radical (unpaired) electrons. The molecule has 0 amide bonds. The van der Waals surface area contributed by atoms with Gasteiger partial charge in [-0.05, 0) is 23.8 Å². The fraction of sp³-hybridized carbons (Fsp3) is 0.333. The standard InChI is InChI=1S/C18H17F3N4O2S/c19-18(20,21)16-5-1-3-14(11-16)13-28(26,27)25-9-7-24(8-10-25)17-15(12-22)4-2-6-23-17/h1-6,11H,7-10,13H2. The SMILES string of the molecule is N#Cc1cccnc1N1CCN(S(=O)(=O)Cc2cccc(C(F)(F)F)c2)CC1. The second-order valence-corrected chi connectivity index (χ2v) is 8.30. The number of piperazine rings is 1. The Bertz CT molecular complexity index is 994. The highest BCUT2D eigenvalue weighted by atomic mass is 32.2. The molecule has 6 nitrogen and oxygen atoms in total. The molecule has 28 heavy (non-hydrogen) atoms. The summed E-state index contributed by atoms with van der Waals surface area (Å²) in [5.74, 6) is 0.00385. The van der Waals surface area contributed by atoms with Gasteiger partial charge in [0.15, 0.2) is 0 Å². The Morgan fingerprint density at radius 3 is 2.46 bits per heavy atom. The zero-order chi connectivity index (χ0) is 20.4. The lowest BCUT2D eigenvalue weighted by Gasteiger charge is -2.35. The molecule has 1 aliphatic rings. The molecule has 0 N–H and O–H groups in total. The van der Waals surface area contributed by atoms with Crippen molar-refractivity contribution >= 4 is 15.8 Å². The van der Waals surface area contributed by atoms with Crippen molar-refractivity contribution in [2.75, 3.05) is 31.1 Å². The van der Waals surface area contributed by atoms with Crippen molar-refractivity contribution in [3.8, 4) is 6.07 Å². The first-order valence-electron chi connectivity index (χ1n) is 8.45. The highest BCUT2D eigenvalue weighted by molar-refractivity contribution is 7.88. The van der Waals surface area contributed by atoms with Crippen molar-refractivity contribution in [2.45, 2.75) is 11.9 Å². The lowest BCUT2D eigenvalue weighted by Crippen LogP contribution is -2.49. The van der Waals surface area contributed by atoms with E-state index in [0.29, 0.717) is 24.5 Å². The Labute approximate surface area is 160 Å². The van der Waals surface area contributed by atoms with Crippen LogP contribution in [-0.4, -0.2) is 43.9 Å². The van der Waals surface area contributed by atoms with Crippen molar-refractivity contribution < 1.29 is 21.6 Å². The van der Waals surface area contributed by atoms with E-state index in [2.05, 4.69) is 11.1 Å². The summed E-state index contributed by atoms with van der Waals surface area (Å²) in [6.07, 6.45) is -2.96. The van der Waals surface area contributed by atoms with E-state index in [1.54, 1.807) is 18.3 Å². The van der Waals surface area contributed by atoms with E-state index in [9.17, 15) is 26.9 Å². The molecule has 1 saturated heterocycles. The van der Waals surface area contributed by atoms with E-state index < -0.39 is 27.5 Å². The van der Waals surface area contributed by atoms with Crippen LogP contribution in [0.2, 0.25) is 0 Å². The first-order valence-corrected chi connectivity index (χ1v) is 10.1. The van der Waals surface area contributed by atoms with E-state index >= 15 is 0 Å². The van der Waals surface area contributed by atoms with E-state index in [1.807, 2.05) is 4.90 Å². The molecule has 2 aromatic rings. The van der Waals surface area contributed by atoms with Crippen LogP contribution in [0.15, 0.2) is 42.6 Å². The van der Waals surface area contributed by atoms with E-state index in [4.69, 9.17) is 0 Å². The Morgan fingerprint density at radius 2 is 1.82 bits per heavy atom. The summed E-state index contributed by atoms with van der Waals surface area (Å²) in [6, 6.07) is 9.69. The number of benzene rings is 1. The second kappa shape index (κ2) is 7.77. The summed E-state index contributed by atoms with van der Waals surface area (Å²) in [6.45, 7) is 1.02. The third kappa shape index (κ3) is 4.43. The van der Waals surface area contributed by atoms with Gasteiger partial charge in [0, 0.05) is 32.4 Å². The maximum absolute atomic E-state index is 12.8. The monoisotopic (exact) mass is 410 g/mol. The Morgan fingerprint density at radius 1 is 1.11 bits per heavy atom. The Balaban J connectivity index is 1.69. The van der Waals surface area contributed by atoms with Gasteiger partial charge in [-0.25, -0.2) is 13.4 Å². The van der Waals surface area contributed by atoms with Gasteiger partial charge in [-0.2, -0.15) is 22.7 Å². The number of hydrogen-bond acceptors (Lipinski definition) is 5. The zero-order valence-electron chi connectivity index (χ0n) is 14.7. The number of anilines is 1. The lowest BCUT2D eigenvalue weighted by molar-refractivity contribution is -0.137. The number of nitriles is 1. The summed E-state index contributed by atoms with van der Waals surface area (Å²) in [4.78, 5) is 6.02. The number of aromatic nitrogens is 1. The Kier molecular flexibility index (Phi) is 5.58. The number of alkyl halides is 3. The van der Waals surface area contributed by atoms with Gasteiger partial charge in [-0.3, -0.25) is 0 Å². The first kappa shape index (κ1) is 20.1. The minimum absolute atomic E-state index is 0.0914. The van der Waals surface area contributed by atoms with Gasteiger partial charge in [-0.15, -0.1) is 0 Å². The second-order valence-electron chi connectivity index (χ2n) is 6.33. The molecule has 10 heteroatoms. The molecule has 1 aromatic carbocycles. The molecule has 1 fully saturated rings. The topological polar surface area (TPSA) is 77.3 Å². The highest BCUT2D eigenvalue weighted by Gasteiger charge is 2.32. The normalized spacial score (nSPS) is 16.0. The fourth-order valence-corrected chi connectivity index (χ4v) is 4.56. The molecule has 148 valence electrons. The average molecular weight is 410 g/mol. The van der Waals surface area contributed by atoms with Crippen LogP contribution in [0.4, 0.5) is 19.0 Å². The van der Waals surface area contributed by atoms with Gasteiger partial charge in [0.25, 0.3) is 0 Å². The fourth-order valence-electron chi connectivity index (χ4n) is 3.05. The van der Waals surface area contributed by atoms with Crippen LogP contribution in [0.5, 0.6) is 0 Å². The van der Waals surface area contributed by atoms with Crippen LogP contribution in [0.3, 0.4) is 0 Å². The van der Waals surface area contributed by atoms with Crippen molar-refractivity contribution in [2.24, 2.45) is 0 Å². The molecule has 0 saturated carbocycles. The molecular formula is C18H17F3N4O2S. The predicted molar refractivity (Wildman–Crippen MR) is 96.8 cm³/mol. The smallest absolute Gasteiger partial charge is 0.353 e. The van der Waals surface area contributed by atoms with Crippen molar-refractivity contribution in [1.82, 2.24) is 9.29 Å². The van der Waals surface area contributed by atoms with Crippen LogP contribution in [0.1, 0.15) is 16.7 Å². The van der Waals surface area contributed by atoms with Gasteiger partial charge in [0.05, 0.1) is 16.9 Å². The average Bonchev–Trinajstić information content (AvgIpc) is 2.67. The number of sulfonamides is 1. The molecule has 0 bridgehead atoms. The number of halogens is 3. The van der Waals surface area contributed by atoms with Crippen molar-refractivity contribution in [3.63, 3.8) is 0 Å². The predicted octanol–water partition coefficient (Wildman–Crippen LogP) is 2.62. The minimum Gasteiger partial charge on any atom is -0.353 e. The molecule has 1 aliphatic heterocycles. The van der Waals surface area contributed by atoms with Gasteiger partial charge < -0.3 is 4.90 Å². The third-order valence-electron chi connectivity index (χ3n) is 4.44. The highest BCUT2D eigenvalue weighted by Crippen LogP contribution is 2.30. The summed E-state index contributed by atoms with van der Waals surface area (Å²) >= 11 is 0. The molecule has 0 atom stereocenters. The summed E-state index contributed by atoms with van der Waals surface area (Å²) < 4.78 is 65.0. The van der Waals surface area contributed by atoms with Gasteiger partial charge in [0.2, 0.25) is 10.0 Å². The molecule has 3 rings (SSSR count). The Hall–Kier alpha value is -2.64. The minimum atomic E-state index is -4.52. The van der Waals surface area contributed by atoms with Crippen LogP contribution in [-0.2, 0) is 22.0 Å². The third-order valence-corrected chi connectivity index (χ3v) is 6.29. The van der Waals surface area contributed by atoms with Crippen LogP contribution in [0.25, 0.3) is 0 Å². The summed E-state index contributed by atoms with van der Waals surface area (Å²) in [7, 11) is -3.77. The largest absolute Gasteiger partial charge is 0.416 e. The number of pyridine rings is 1. The maximum atomic E-state index is 12.8. The van der Waals surface area contributed by atoms with E-state index in [1.165, 1.54) is 16.4 Å². The van der Waals surface area contributed by atoms with Crippen molar-refractivity contribution in [3.05, 3.63) is 59.3 Å².